The summed E-state index contributed by atoms with van der Waals surface area (Å²) in [6, 6.07) is 1.60. The third-order valence-electron chi connectivity index (χ3n) is 3.58. The minimum Gasteiger partial charge on any atom is -0.313 e. The Bertz CT molecular complexity index is 226. The minimum atomic E-state index is 0.416. The number of thioether (sulfide) groups is 1. The van der Waals surface area contributed by atoms with Crippen LogP contribution in [-0.2, 0) is 0 Å². The lowest BCUT2D eigenvalue weighted by atomic mass is 9.92. The third kappa shape index (κ3) is 3.94. The van der Waals surface area contributed by atoms with Gasteiger partial charge in [-0.05, 0) is 25.2 Å². The van der Waals surface area contributed by atoms with Crippen molar-refractivity contribution in [1.29, 1.82) is 0 Å². The lowest BCUT2D eigenvalue weighted by molar-refractivity contribution is 0.148. The van der Waals surface area contributed by atoms with Crippen LogP contribution < -0.4 is 5.32 Å². The largest absolute Gasteiger partial charge is 0.313 e. The summed E-state index contributed by atoms with van der Waals surface area (Å²) in [4.78, 5) is 2.67. The van der Waals surface area contributed by atoms with Crippen LogP contribution in [0.5, 0.6) is 0 Å². The van der Waals surface area contributed by atoms with Gasteiger partial charge in [0.2, 0.25) is 0 Å². The summed E-state index contributed by atoms with van der Waals surface area (Å²) in [7, 11) is 0. The van der Waals surface area contributed by atoms with Gasteiger partial charge in [-0.15, -0.1) is 0 Å². The zero-order chi connectivity index (χ0) is 11.6. The van der Waals surface area contributed by atoms with E-state index in [1.54, 1.807) is 0 Å². The van der Waals surface area contributed by atoms with E-state index in [2.05, 4.69) is 42.7 Å². The van der Waals surface area contributed by atoms with Gasteiger partial charge in [-0.25, -0.2) is 0 Å². The highest BCUT2D eigenvalue weighted by Crippen LogP contribution is 2.25. The summed E-state index contributed by atoms with van der Waals surface area (Å²) in [6.45, 7) is 10.9. The summed E-state index contributed by atoms with van der Waals surface area (Å²) in [5.41, 5.74) is 0.416. The van der Waals surface area contributed by atoms with Crippen LogP contribution in [0.1, 0.15) is 33.6 Å². The molecule has 0 amide bonds. The van der Waals surface area contributed by atoms with Gasteiger partial charge >= 0.3 is 0 Å². The molecule has 2 nitrogen and oxygen atoms in total. The van der Waals surface area contributed by atoms with E-state index in [0.717, 1.165) is 12.1 Å². The summed E-state index contributed by atoms with van der Waals surface area (Å²) in [5.74, 6) is 2.63. The van der Waals surface area contributed by atoms with E-state index in [1.165, 1.54) is 44.0 Å². The fourth-order valence-electron chi connectivity index (χ4n) is 2.31. The Kier molecular flexibility index (Phi) is 4.20. The molecule has 2 fully saturated rings. The zero-order valence-corrected chi connectivity index (χ0v) is 11.8. The summed E-state index contributed by atoms with van der Waals surface area (Å²) in [6.07, 6.45) is 2.79. The molecule has 1 saturated heterocycles. The first-order chi connectivity index (χ1) is 7.57. The molecule has 2 aliphatic rings. The van der Waals surface area contributed by atoms with Crippen molar-refractivity contribution < 1.29 is 0 Å². The maximum absolute atomic E-state index is 3.67. The van der Waals surface area contributed by atoms with Gasteiger partial charge in [0.15, 0.2) is 0 Å². The topological polar surface area (TPSA) is 15.3 Å². The predicted molar refractivity (Wildman–Crippen MR) is 73.2 cm³/mol. The molecular formula is C13H26N2S. The van der Waals surface area contributed by atoms with Crippen LogP contribution in [0.3, 0.4) is 0 Å². The van der Waals surface area contributed by atoms with Crippen LogP contribution in [-0.4, -0.2) is 48.1 Å². The van der Waals surface area contributed by atoms with Gasteiger partial charge in [0, 0.05) is 43.2 Å². The number of nitrogens with one attached hydrogen (secondary N) is 1. The fourth-order valence-corrected chi connectivity index (χ4v) is 3.39. The molecule has 0 aromatic heterocycles. The van der Waals surface area contributed by atoms with Crippen LogP contribution >= 0.6 is 11.8 Å². The van der Waals surface area contributed by atoms with Crippen molar-refractivity contribution in [2.24, 2.45) is 5.41 Å². The minimum absolute atomic E-state index is 0.416. The molecule has 16 heavy (non-hydrogen) atoms. The Labute approximate surface area is 105 Å². The smallest absolute Gasteiger partial charge is 0.0158 e. The van der Waals surface area contributed by atoms with Crippen molar-refractivity contribution in [3.63, 3.8) is 0 Å². The van der Waals surface area contributed by atoms with Crippen molar-refractivity contribution in [2.75, 3.05) is 31.1 Å². The number of rotatable bonds is 5. The molecule has 1 heterocycles. The lowest BCUT2D eigenvalue weighted by Gasteiger charge is -2.39. The second kappa shape index (κ2) is 5.28. The molecule has 1 saturated carbocycles. The van der Waals surface area contributed by atoms with E-state index in [9.17, 15) is 0 Å². The third-order valence-corrected chi connectivity index (χ3v) is 4.77. The molecule has 0 aromatic rings. The van der Waals surface area contributed by atoms with E-state index in [0.29, 0.717) is 5.41 Å². The molecule has 94 valence electrons. The average Bonchev–Trinajstić information content (AvgIpc) is 3.02. The summed E-state index contributed by atoms with van der Waals surface area (Å²) < 4.78 is 0. The van der Waals surface area contributed by atoms with E-state index in [-0.39, 0.29) is 0 Å². The van der Waals surface area contributed by atoms with Crippen LogP contribution in [0.25, 0.3) is 0 Å². The Morgan fingerprint density at radius 2 is 2.12 bits per heavy atom. The fraction of sp³-hybridized carbons (Fsp3) is 1.00. The summed E-state index contributed by atoms with van der Waals surface area (Å²) in [5, 5.41) is 3.67. The average molecular weight is 242 g/mol. The molecule has 0 radical (unpaired) electrons. The number of hydrogen-bond acceptors (Lipinski definition) is 3. The normalized spacial score (nSPS) is 28.3. The van der Waals surface area contributed by atoms with Gasteiger partial charge in [0.05, 0.1) is 0 Å². The van der Waals surface area contributed by atoms with Crippen molar-refractivity contribution in [2.45, 2.75) is 45.7 Å². The van der Waals surface area contributed by atoms with Crippen molar-refractivity contribution >= 4 is 11.8 Å². The second-order valence-corrected chi connectivity index (χ2v) is 7.36. The molecule has 0 spiro atoms. The van der Waals surface area contributed by atoms with Crippen molar-refractivity contribution in [1.82, 2.24) is 10.2 Å². The Morgan fingerprint density at radius 1 is 1.38 bits per heavy atom. The molecule has 0 aromatic carbocycles. The van der Waals surface area contributed by atoms with Gasteiger partial charge in [-0.2, -0.15) is 11.8 Å². The molecule has 1 aliphatic heterocycles. The lowest BCUT2D eigenvalue weighted by Crippen LogP contribution is -2.48. The van der Waals surface area contributed by atoms with Gasteiger partial charge in [0.1, 0.15) is 0 Å². The highest BCUT2D eigenvalue weighted by Gasteiger charge is 2.29. The first kappa shape index (κ1) is 12.7. The van der Waals surface area contributed by atoms with E-state index < -0.39 is 0 Å². The molecule has 3 heteroatoms. The molecule has 1 unspecified atom stereocenters. The molecule has 1 N–H and O–H groups in total. The molecule has 2 rings (SSSR count). The van der Waals surface area contributed by atoms with Crippen molar-refractivity contribution in [3.05, 3.63) is 0 Å². The van der Waals surface area contributed by atoms with Crippen LogP contribution in [0.4, 0.5) is 0 Å². The Hall–Kier alpha value is 0.270. The predicted octanol–water partition coefficient (Wildman–Crippen LogP) is 2.20. The second-order valence-electron chi connectivity index (χ2n) is 6.21. The molecular weight excluding hydrogens is 216 g/mol. The van der Waals surface area contributed by atoms with Gasteiger partial charge < -0.3 is 5.32 Å². The molecule has 1 atom stereocenters. The number of hydrogen-bond donors (Lipinski definition) is 1. The zero-order valence-electron chi connectivity index (χ0n) is 11.0. The monoisotopic (exact) mass is 242 g/mol. The SMILES string of the molecule is CC1CSCCN1CC(C)(C)CNC1CC1. The maximum Gasteiger partial charge on any atom is 0.0158 e. The van der Waals surface area contributed by atoms with E-state index >= 15 is 0 Å². The Morgan fingerprint density at radius 3 is 2.75 bits per heavy atom. The quantitative estimate of drug-likeness (QED) is 0.796. The standard InChI is InChI=1S/C13H26N2S/c1-11-8-16-7-6-15(11)10-13(2,3)9-14-12-4-5-12/h11-12,14H,4-10H2,1-3H3. The summed E-state index contributed by atoms with van der Waals surface area (Å²) >= 11 is 2.10. The molecule has 1 aliphatic carbocycles. The highest BCUT2D eigenvalue weighted by atomic mass is 32.2. The van der Waals surface area contributed by atoms with Crippen molar-refractivity contribution in [3.8, 4) is 0 Å². The van der Waals surface area contributed by atoms with Crippen LogP contribution in [0.2, 0.25) is 0 Å². The number of nitrogens with zero attached hydrogens (tertiary/aromatic N) is 1. The molecule has 0 bridgehead atoms. The highest BCUT2D eigenvalue weighted by molar-refractivity contribution is 7.99. The Balaban J connectivity index is 1.75. The van der Waals surface area contributed by atoms with Crippen LogP contribution in [0.15, 0.2) is 0 Å². The van der Waals surface area contributed by atoms with E-state index in [4.69, 9.17) is 0 Å². The first-order valence-corrected chi connectivity index (χ1v) is 7.77. The van der Waals surface area contributed by atoms with Crippen LogP contribution in [0, 0.1) is 5.41 Å². The maximum atomic E-state index is 3.67. The van der Waals surface area contributed by atoms with Gasteiger partial charge in [-0.3, -0.25) is 4.90 Å². The van der Waals surface area contributed by atoms with E-state index in [1.807, 2.05) is 0 Å². The van der Waals surface area contributed by atoms with Gasteiger partial charge in [-0.1, -0.05) is 13.8 Å². The first-order valence-electron chi connectivity index (χ1n) is 6.62. The van der Waals surface area contributed by atoms with Gasteiger partial charge in [0.25, 0.3) is 0 Å².